The standard InChI is InChI=1S/C22H28FNO4S/c1-4-6-11-18(5-2)17(3)24-16-19(21(23)22(24)25)12-10-15-28-29(26,27)20-13-8-7-9-14-20/h4-9,11,13-14,17,19,21H,1,10,12,15-16H2,2-3H3/b11-6-,18-5+. The molecule has 1 aromatic rings. The molecule has 1 fully saturated rings. The molecule has 0 aliphatic carbocycles. The van der Waals surface area contributed by atoms with E-state index in [2.05, 4.69) is 6.58 Å². The zero-order valence-corrected chi connectivity index (χ0v) is 17.6. The SMILES string of the molecule is C=C/C=C\C(=C/C)C(C)N1CC(CCCOS(=O)(=O)c2ccccc2)C(F)C1=O. The second-order valence-corrected chi connectivity index (χ2v) is 8.56. The topological polar surface area (TPSA) is 63.7 Å². The van der Waals surface area contributed by atoms with Gasteiger partial charge in [0.1, 0.15) is 0 Å². The van der Waals surface area contributed by atoms with Gasteiger partial charge in [-0.15, -0.1) is 0 Å². The van der Waals surface area contributed by atoms with Crippen LogP contribution in [0.3, 0.4) is 0 Å². The maximum absolute atomic E-state index is 14.5. The second-order valence-electron chi connectivity index (χ2n) is 6.94. The maximum atomic E-state index is 14.5. The Morgan fingerprint density at radius 3 is 2.69 bits per heavy atom. The van der Waals surface area contributed by atoms with Crippen molar-refractivity contribution in [2.45, 2.75) is 43.8 Å². The molecule has 29 heavy (non-hydrogen) atoms. The number of hydrogen-bond acceptors (Lipinski definition) is 4. The summed E-state index contributed by atoms with van der Waals surface area (Å²) in [6, 6.07) is 7.63. The molecular formula is C22H28FNO4S. The number of alkyl halides is 1. The van der Waals surface area contributed by atoms with Crippen molar-refractivity contribution in [2.75, 3.05) is 13.2 Å². The first-order valence-corrected chi connectivity index (χ1v) is 11.1. The number of carbonyl (C=O) groups excluding carboxylic acids is 1. The number of benzene rings is 1. The minimum absolute atomic E-state index is 0.0492. The van der Waals surface area contributed by atoms with Crippen LogP contribution in [0.4, 0.5) is 4.39 Å². The van der Waals surface area contributed by atoms with E-state index >= 15 is 0 Å². The zero-order chi connectivity index (χ0) is 21.4. The molecule has 0 saturated carbocycles. The summed E-state index contributed by atoms with van der Waals surface area (Å²) in [5.41, 5.74) is 0.906. The maximum Gasteiger partial charge on any atom is 0.296 e. The molecule has 1 saturated heterocycles. The summed E-state index contributed by atoms with van der Waals surface area (Å²) in [6.07, 6.45) is 6.31. The number of likely N-dealkylation sites (tertiary alicyclic amines) is 1. The van der Waals surface area contributed by atoms with Crippen LogP contribution in [0.1, 0.15) is 26.7 Å². The van der Waals surface area contributed by atoms with Crippen LogP contribution < -0.4 is 0 Å². The van der Waals surface area contributed by atoms with Crippen LogP contribution in [0.5, 0.6) is 0 Å². The van der Waals surface area contributed by atoms with Crippen LogP contribution in [0.2, 0.25) is 0 Å². The third-order valence-corrected chi connectivity index (χ3v) is 6.39. The summed E-state index contributed by atoms with van der Waals surface area (Å²) >= 11 is 0. The summed E-state index contributed by atoms with van der Waals surface area (Å²) in [4.78, 5) is 14.0. The van der Waals surface area contributed by atoms with Crippen molar-refractivity contribution < 1.29 is 21.8 Å². The Morgan fingerprint density at radius 2 is 2.07 bits per heavy atom. The van der Waals surface area contributed by atoms with Gasteiger partial charge < -0.3 is 4.90 Å². The number of nitrogens with zero attached hydrogens (tertiary/aromatic N) is 1. The van der Waals surface area contributed by atoms with Crippen LogP contribution in [-0.4, -0.2) is 44.6 Å². The van der Waals surface area contributed by atoms with E-state index in [9.17, 15) is 17.6 Å². The third kappa shape index (κ3) is 5.87. The predicted octanol–water partition coefficient (Wildman–Crippen LogP) is 4.05. The van der Waals surface area contributed by atoms with Crippen molar-refractivity contribution in [1.82, 2.24) is 4.90 Å². The van der Waals surface area contributed by atoms with E-state index in [1.54, 1.807) is 35.3 Å². The molecule has 1 heterocycles. The van der Waals surface area contributed by atoms with Gasteiger partial charge in [0.15, 0.2) is 6.17 Å². The average Bonchev–Trinajstić information content (AvgIpc) is 3.00. The van der Waals surface area contributed by atoms with Crippen molar-refractivity contribution in [3.8, 4) is 0 Å². The lowest BCUT2D eigenvalue weighted by molar-refractivity contribution is -0.133. The molecule has 0 bridgehead atoms. The molecule has 1 aromatic carbocycles. The molecule has 158 valence electrons. The molecular weight excluding hydrogens is 393 g/mol. The van der Waals surface area contributed by atoms with Crippen molar-refractivity contribution in [1.29, 1.82) is 0 Å². The molecule has 1 aliphatic rings. The normalized spacial score (nSPS) is 21.7. The highest BCUT2D eigenvalue weighted by Crippen LogP contribution is 2.29. The van der Waals surface area contributed by atoms with Crippen molar-refractivity contribution in [3.63, 3.8) is 0 Å². The molecule has 2 rings (SSSR count). The van der Waals surface area contributed by atoms with Gasteiger partial charge in [-0.3, -0.25) is 8.98 Å². The Kier molecular flexibility index (Phi) is 8.34. The van der Waals surface area contributed by atoms with Crippen molar-refractivity contribution in [3.05, 3.63) is 66.8 Å². The molecule has 3 unspecified atom stereocenters. The highest BCUT2D eigenvalue weighted by molar-refractivity contribution is 7.86. The van der Waals surface area contributed by atoms with Crippen molar-refractivity contribution in [2.24, 2.45) is 5.92 Å². The second kappa shape index (κ2) is 10.5. The molecule has 1 aliphatic heterocycles. The average molecular weight is 422 g/mol. The van der Waals surface area contributed by atoms with Gasteiger partial charge in [-0.25, -0.2) is 4.39 Å². The highest BCUT2D eigenvalue weighted by atomic mass is 32.2. The fourth-order valence-electron chi connectivity index (χ4n) is 3.39. The minimum Gasteiger partial charge on any atom is -0.333 e. The van der Waals surface area contributed by atoms with Gasteiger partial charge in [0.05, 0.1) is 17.5 Å². The van der Waals surface area contributed by atoms with E-state index in [0.717, 1.165) is 5.57 Å². The van der Waals surface area contributed by atoms with E-state index in [-0.39, 0.29) is 17.5 Å². The summed E-state index contributed by atoms with van der Waals surface area (Å²) in [5, 5.41) is 0. The smallest absolute Gasteiger partial charge is 0.296 e. The van der Waals surface area contributed by atoms with Gasteiger partial charge in [0.2, 0.25) is 0 Å². The molecule has 1 amide bonds. The van der Waals surface area contributed by atoms with Crippen molar-refractivity contribution >= 4 is 16.0 Å². The Balaban J connectivity index is 1.90. The van der Waals surface area contributed by atoms with Gasteiger partial charge in [-0.1, -0.05) is 49.1 Å². The molecule has 5 nitrogen and oxygen atoms in total. The van der Waals surface area contributed by atoms with Gasteiger partial charge in [0.25, 0.3) is 16.0 Å². The summed E-state index contributed by atoms with van der Waals surface area (Å²) in [6.45, 7) is 7.62. The number of rotatable bonds is 10. The summed E-state index contributed by atoms with van der Waals surface area (Å²) in [5.74, 6) is -0.999. The fourth-order valence-corrected chi connectivity index (χ4v) is 4.35. The largest absolute Gasteiger partial charge is 0.333 e. The van der Waals surface area contributed by atoms with Crippen LogP contribution in [0, 0.1) is 5.92 Å². The molecule has 0 spiro atoms. The molecule has 7 heteroatoms. The number of carbonyl (C=O) groups is 1. The molecule has 0 radical (unpaired) electrons. The van der Waals surface area contributed by atoms with E-state index in [1.165, 1.54) is 12.1 Å². The molecule has 0 aromatic heterocycles. The van der Waals surface area contributed by atoms with Gasteiger partial charge >= 0.3 is 0 Å². The Morgan fingerprint density at radius 1 is 1.38 bits per heavy atom. The number of halogens is 1. The number of amides is 1. The quantitative estimate of drug-likeness (QED) is 0.325. The van der Waals surface area contributed by atoms with E-state index in [4.69, 9.17) is 4.18 Å². The van der Waals surface area contributed by atoms with Crippen LogP contribution in [0.15, 0.2) is 71.7 Å². The van der Waals surface area contributed by atoms with Gasteiger partial charge in [0, 0.05) is 12.5 Å². The first-order chi connectivity index (χ1) is 13.8. The summed E-state index contributed by atoms with van der Waals surface area (Å²) < 4.78 is 43.8. The molecule has 0 N–H and O–H groups in total. The van der Waals surface area contributed by atoms with Gasteiger partial charge in [-0.2, -0.15) is 8.42 Å². The van der Waals surface area contributed by atoms with E-state index in [1.807, 2.05) is 26.0 Å². The number of hydrogen-bond donors (Lipinski definition) is 0. The first kappa shape index (κ1) is 23.0. The Hall–Kier alpha value is -2.25. The van der Waals surface area contributed by atoms with Gasteiger partial charge in [-0.05, 0) is 44.4 Å². The summed E-state index contributed by atoms with van der Waals surface area (Å²) in [7, 11) is -3.82. The minimum atomic E-state index is -3.82. The first-order valence-electron chi connectivity index (χ1n) is 9.66. The lowest BCUT2D eigenvalue weighted by Gasteiger charge is -2.25. The zero-order valence-electron chi connectivity index (χ0n) is 16.8. The van der Waals surface area contributed by atoms with Crippen LogP contribution >= 0.6 is 0 Å². The highest BCUT2D eigenvalue weighted by Gasteiger charge is 2.42. The van der Waals surface area contributed by atoms with E-state index < -0.39 is 28.1 Å². The third-order valence-electron chi connectivity index (χ3n) is 5.06. The Bertz CT molecular complexity index is 864. The predicted molar refractivity (Wildman–Crippen MR) is 111 cm³/mol. The van der Waals surface area contributed by atoms with Crippen LogP contribution in [-0.2, 0) is 19.1 Å². The molecule has 3 atom stereocenters. The lowest BCUT2D eigenvalue weighted by atomic mass is 10.0. The van der Waals surface area contributed by atoms with E-state index in [0.29, 0.717) is 19.4 Å². The number of allylic oxidation sites excluding steroid dienone is 3. The van der Waals surface area contributed by atoms with Crippen LogP contribution in [0.25, 0.3) is 0 Å². The lowest BCUT2D eigenvalue weighted by Crippen LogP contribution is -2.37. The fraction of sp³-hybridized carbons (Fsp3) is 0.409. The Labute approximate surface area is 172 Å². The monoisotopic (exact) mass is 421 g/mol.